The van der Waals surface area contributed by atoms with Crippen molar-refractivity contribution in [3.63, 3.8) is 0 Å². The lowest BCUT2D eigenvalue weighted by atomic mass is 9.95. The highest BCUT2D eigenvalue weighted by molar-refractivity contribution is 5.92. The van der Waals surface area contributed by atoms with Gasteiger partial charge in [0.05, 0.1) is 6.04 Å². The molecule has 6 heteroatoms. The van der Waals surface area contributed by atoms with Crippen LogP contribution < -0.4 is 11.1 Å². The Hall–Kier alpha value is -1.95. The number of carbonyl (C=O) groups excluding carboxylic acids is 2. The second-order valence-corrected chi connectivity index (χ2v) is 5.60. The molecule has 1 fully saturated rings. The molecule has 2 heterocycles. The summed E-state index contributed by atoms with van der Waals surface area (Å²) >= 11 is 0. The number of amides is 2. The molecule has 1 aliphatic rings. The van der Waals surface area contributed by atoms with Crippen molar-refractivity contribution in [2.75, 3.05) is 18.4 Å². The van der Waals surface area contributed by atoms with E-state index in [1.807, 2.05) is 13.0 Å². The topological polar surface area (TPSA) is 88.3 Å². The molecule has 21 heavy (non-hydrogen) atoms. The summed E-state index contributed by atoms with van der Waals surface area (Å²) in [6, 6.07) is 3.22. The summed E-state index contributed by atoms with van der Waals surface area (Å²) in [6.45, 7) is 4.80. The molecular formula is C15H22N4O2. The number of hydrogen-bond donors (Lipinski definition) is 2. The van der Waals surface area contributed by atoms with Crippen LogP contribution in [0.25, 0.3) is 0 Å². The molecule has 2 rings (SSSR count). The van der Waals surface area contributed by atoms with Crippen LogP contribution in [-0.4, -0.2) is 40.8 Å². The van der Waals surface area contributed by atoms with Gasteiger partial charge in [-0.15, -0.1) is 0 Å². The molecule has 2 amide bonds. The van der Waals surface area contributed by atoms with E-state index in [-0.39, 0.29) is 17.7 Å². The lowest BCUT2D eigenvalue weighted by Gasteiger charge is -2.32. The van der Waals surface area contributed by atoms with Crippen LogP contribution in [0.4, 0.5) is 5.82 Å². The first kappa shape index (κ1) is 15.4. The van der Waals surface area contributed by atoms with Gasteiger partial charge in [-0.1, -0.05) is 6.07 Å². The van der Waals surface area contributed by atoms with Crippen molar-refractivity contribution in [1.29, 1.82) is 0 Å². The molecule has 0 saturated carbocycles. The van der Waals surface area contributed by atoms with Gasteiger partial charge in [0.25, 0.3) is 0 Å². The normalized spacial score (nSPS) is 17.4. The summed E-state index contributed by atoms with van der Waals surface area (Å²) in [4.78, 5) is 29.9. The van der Waals surface area contributed by atoms with Crippen molar-refractivity contribution in [3.05, 3.63) is 23.9 Å². The highest BCUT2D eigenvalue weighted by Crippen LogP contribution is 2.19. The minimum atomic E-state index is -0.480. The second-order valence-electron chi connectivity index (χ2n) is 5.60. The van der Waals surface area contributed by atoms with Gasteiger partial charge < -0.3 is 16.0 Å². The Morgan fingerprint density at radius 3 is 2.57 bits per heavy atom. The molecule has 1 saturated heterocycles. The van der Waals surface area contributed by atoms with Crippen LogP contribution >= 0.6 is 0 Å². The van der Waals surface area contributed by atoms with Crippen LogP contribution in [0.5, 0.6) is 0 Å². The number of carbonyl (C=O) groups is 2. The highest BCUT2D eigenvalue weighted by Gasteiger charge is 2.28. The molecule has 114 valence electrons. The Kier molecular flexibility index (Phi) is 4.90. The summed E-state index contributed by atoms with van der Waals surface area (Å²) in [7, 11) is 0. The number of aromatic nitrogens is 1. The zero-order valence-corrected chi connectivity index (χ0v) is 12.5. The third-order valence-electron chi connectivity index (χ3n) is 3.73. The van der Waals surface area contributed by atoms with E-state index in [0.717, 1.165) is 5.56 Å². The SMILES string of the molecule is Cc1ccc(NC(=O)C2CCN(C(=O)[C@@H](C)N)CC2)nc1. The molecule has 1 aromatic rings. The first-order valence-electron chi connectivity index (χ1n) is 7.25. The third-order valence-corrected chi connectivity index (χ3v) is 3.73. The largest absolute Gasteiger partial charge is 0.341 e. The smallest absolute Gasteiger partial charge is 0.239 e. The van der Waals surface area contributed by atoms with E-state index in [2.05, 4.69) is 10.3 Å². The lowest BCUT2D eigenvalue weighted by Crippen LogP contribution is -2.47. The minimum Gasteiger partial charge on any atom is -0.341 e. The molecule has 1 aliphatic heterocycles. The number of aryl methyl sites for hydroxylation is 1. The molecule has 0 radical (unpaired) electrons. The van der Waals surface area contributed by atoms with E-state index in [0.29, 0.717) is 31.7 Å². The monoisotopic (exact) mass is 290 g/mol. The number of nitrogens with two attached hydrogens (primary N) is 1. The summed E-state index contributed by atoms with van der Waals surface area (Å²) < 4.78 is 0. The van der Waals surface area contributed by atoms with Crippen LogP contribution in [-0.2, 0) is 9.59 Å². The van der Waals surface area contributed by atoms with Crippen LogP contribution in [0, 0.1) is 12.8 Å². The van der Waals surface area contributed by atoms with Gasteiger partial charge >= 0.3 is 0 Å². The molecule has 0 aromatic carbocycles. The van der Waals surface area contributed by atoms with Crippen LogP contribution in [0.1, 0.15) is 25.3 Å². The number of hydrogen-bond acceptors (Lipinski definition) is 4. The Bertz CT molecular complexity index is 505. The van der Waals surface area contributed by atoms with Crippen molar-refractivity contribution in [2.45, 2.75) is 32.7 Å². The van der Waals surface area contributed by atoms with E-state index in [1.54, 1.807) is 24.1 Å². The summed E-state index contributed by atoms with van der Waals surface area (Å²) in [5.74, 6) is 0.415. The van der Waals surface area contributed by atoms with Crippen molar-refractivity contribution >= 4 is 17.6 Å². The van der Waals surface area contributed by atoms with Gasteiger partial charge in [-0.05, 0) is 38.3 Å². The molecule has 1 aromatic heterocycles. The van der Waals surface area contributed by atoms with Crippen LogP contribution in [0.15, 0.2) is 18.3 Å². The predicted octanol–water partition coefficient (Wildman–Crippen LogP) is 0.914. The Morgan fingerprint density at radius 1 is 1.38 bits per heavy atom. The number of anilines is 1. The molecule has 0 unspecified atom stereocenters. The van der Waals surface area contributed by atoms with Gasteiger partial charge in [0.1, 0.15) is 5.82 Å². The molecule has 0 spiro atoms. The zero-order chi connectivity index (χ0) is 15.4. The molecular weight excluding hydrogens is 268 g/mol. The van der Waals surface area contributed by atoms with Crippen LogP contribution in [0.3, 0.4) is 0 Å². The Balaban J connectivity index is 1.86. The third kappa shape index (κ3) is 4.01. The van der Waals surface area contributed by atoms with Gasteiger partial charge in [-0.3, -0.25) is 9.59 Å². The van der Waals surface area contributed by atoms with Crippen molar-refractivity contribution in [2.24, 2.45) is 11.7 Å². The molecule has 0 aliphatic carbocycles. The number of pyridine rings is 1. The Morgan fingerprint density at radius 2 is 2.05 bits per heavy atom. The second kappa shape index (κ2) is 6.67. The fraction of sp³-hybridized carbons (Fsp3) is 0.533. The standard InChI is InChI=1S/C15H22N4O2/c1-10-3-4-13(17-9-10)18-14(20)12-5-7-19(8-6-12)15(21)11(2)16/h3-4,9,11-12H,5-8,16H2,1-2H3,(H,17,18,20)/t11-/m1/s1. The first-order chi connectivity index (χ1) is 9.97. The van der Waals surface area contributed by atoms with E-state index in [9.17, 15) is 9.59 Å². The fourth-order valence-corrected chi connectivity index (χ4v) is 2.42. The lowest BCUT2D eigenvalue weighted by molar-refractivity contribution is -0.135. The van der Waals surface area contributed by atoms with Gasteiger partial charge in [-0.2, -0.15) is 0 Å². The van der Waals surface area contributed by atoms with E-state index in [4.69, 9.17) is 5.73 Å². The fourth-order valence-electron chi connectivity index (χ4n) is 2.42. The highest BCUT2D eigenvalue weighted by atomic mass is 16.2. The number of likely N-dealkylation sites (tertiary alicyclic amines) is 1. The first-order valence-corrected chi connectivity index (χ1v) is 7.25. The average molecular weight is 290 g/mol. The summed E-state index contributed by atoms with van der Waals surface area (Å²) in [5.41, 5.74) is 6.65. The zero-order valence-electron chi connectivity index (χ0n) is 12.5. The van der Waals surface area contributed by atoms with Gasteiger partial charge in [0, 0.05) is 25.2 Å². The quantitative estimate of drug-likeness (QED) is 0.866. The number of nitrogens with one attached hydrogen (secondary N) is 1. The van der Waals surface area contributed by atoms with E-state index >= 15 is 0 Å². The molecule has 0 bridgehead atoms. The van der Waals surface area contributed by atoms with E-state index in [1.165, 1.54) is 0 Å². The molecule has 1 atom stereocenters. The van der Waals surface area contributed by atoms with Gasteiger partial charge in [-0.25, -0.2) is 4.98 Å². The van der Waals surface area contributed by atoms with Gasteiger partial charge in [0.2, 0.25) is 11.8 Å². The Labute approximate surface area is 124 Å². The van der Waals surface area contributed by atoms with Gasteiger partial charge in [0.15, 0.2) is 0 Å². The maximum Gasteiger partial charge on any atom is 0.239 e. The summed E-state index contributed by atoms with van der Waals surface area (Å²) in [6.07, 6.45) is 3.05. The number of nitrogens with zero attached hydrogens (tertiary/aromatic N) is 2. The predicted molar refractivity (Wildman–Crippen MR) is 80.6 cm³/mol. The number of piperidine rings is 1. The van der Waals surface area contributed by atoms with Crippen molar-refractivity contribution in [1.82, 2.24) is 9.88 Å². The number of rotatable bonds is 3. The minimum absolute atomic E-state index is 0.0285. The maximum absolute atomic E-state index is 12.2. The summed E-state index contributed by atoms with van der Waals surface area (Å²) in [5, 5.41) is 2.83. The van der Waals surface area contributed by atoms with Crippen LogP contribution in [0.2, 0.25) is 0 Å². The van der Waals surface area contributed by atoms with Crippen molar-refractivity contribution < 1.29 is 9.59 Å². The molecule has 6 nitrogen and oxygen atoms in total. The average Bonchev–Trinajstić information content (AvgIpc) is 2.49. The maximum atomic E-state index is 12.2. The van der Waals surface area contributed by atoms with E-state index < -0.39 is 6.04 Å². The van der Waals surface area contributed by atoms with Crippen molar-refractivity contribution in [3.8, 4) is 0 Å². The molecule has 3 N–H and O–H groups in total.